The second kappa shape index (κ2) is 5.47. The summed E-state index contributed by atoms with van der Waals surface area (Å²) in [6.45, 7) is 8.29. The van der Waals surface area contributed by atoms with Crippen LogP contribution in [0.1, 0.15) is 38.6 Å². The molecule has 0 N–H and O–H groups in total. The van der Waals surface area contributed by atoms with Crippen molar-refractivity contribution >= 4 is 33.2 Å². The highest BCUT2D eigenvalue weighted by Gasteiger charge is 2.08. The third kappa shape index (κ3) is 2.70. The maximum absolute atomic E-state index is 6.02. The molecule has 0 aliphatic carbocycles. The number of benzene rings is 1. The first kappa shape index (κ1) is 12.5. The monoisotopic (exact) mass is 241 g/mol. The average molecular weight is 242 g/mol. The SMILES string of the molecule is CC.CC(C)c1nc2c(Cl)cccc2s1. The van der Waals surface area contributed by atoms with Crippen LogP contribution < -0.4 is 0 Å². The van der Waals surface area contributed by atoms with Gasteiger partial charge in [-0.05, 0) is 12.1 Å². The summed E-state index contributed by atoms with van der Waals surface area (Å²) in [5.74, 6) is 0.480. The first-order valence-electron chi connectivity index (χ1n) is 5.23. The number of thiazole rings is 1. The van der Waals surface area contributed by atoms with E-state index in [-0.39, 0.29) is 0 Å². The normalized spacial score (nSPS) is 10.3. The third-order valence-corrected chi connectivity index (χ3v) is 3.51. The second-order valence-corrected chi connectivity index (χ2v) is 4.76. The van der Waals surface area contributed by atoms with Crippen molar-refractivity contribution in [3.63, 3.8) is 0 Å². The Labute approximate surface area is 100 Å². The first-order chi connectivity index (χ1) is 7.18. The number of aromatic nitrogens is 1. The third-order valence-electron chi connectivity index (χ3n) is 1.88. The number of halogens is 1. The Bertz CT molecular complexity index is 434. The molecule has 3 heteroatoms. The fraction of sp³-hybridized carbons (Fsp3) is 0.417. The molecular formula is C12H16ClNS. The van der Waals surface area contributed by atoms with Gasteiger partial charge in [0.25, 0.3) is 0 Å². The lowest BCUT2D eigenvalue weighted by Crippen LogP contribution is -1.83. The summed E-state index contributed by atoms with van der Waals surface area (Å²) in [6, 6.07) is 5.91. The van der Waals surface area contributed by atoms with Crippen LogP contribution in [0.25, 0.3) is 10.2 Å². The number of hydrogen-bond acceptors (Lipinski definition) is 2. The fourth-order valence-electron chi connectivity index (χ4n) is 1.18. The van der Waals surface area contributed by atoms with Gasteiger partial charge in [0.1, 0.15) is 5.52 Å². The van der Waals surface area contributed by atoms with Crippen LogP contribution in [0, 0.1) is 0 Å². The Morgan fingerprint density at radius 2 is 1.93 bits per heavy atom. The van der Waals surface area contributed by atoms with E-state index in [0.717, 1.165) is 15.5 Å². The van der Waals surface area contributed by atoms with E-state index < -0.39 is 0 Å². The molecule has 2 rings (SSSR count). The quantitative estimate of drug-likeness (QED) is 0.677. The Morgan fingerprint density at radius 3 is 2.47 bits per heavy atom. The summed E-state index contributed by atoms with van der Waals surface area (Å²) in [5, 5.41) is 1.91. The molecule has 0 spiro atoms. The van der Waals surface area contributed by atoms with Crippen molar-refractivity contribution in [3.05, 3.63) is 28.2 Å². The molecule has 0 fully saturated rings. The molecule has 82 valence electrons. The minimum absolute atomic E-state index is 0.480. The Hall–Kier alpha value is -0.600. The van der Waals surface area contributed by atoms with Crippen molar-refractivity contribution in [1.29, 1.82) is 0 Å². The summed E-state index contributed by atoms with van der Waals surface area (Å²) < 4.78 is 1.18. The molecule has 0 unspecified atom stereocenters. The van der Waals surface area contributed by atoms with E-state index in [1.807, 2.05) is 26.0 Å². The maximum Gasteiger partial charge on any atom is 0.100 e. The fourth-order valence-corrected chi connectivity index (χ4v) is 2.45. The van der Waals surface area contributed by atoms with Gasteiger partial charge in [-0.25, -0.2) is 4.98 Å². The van der Waals surface area contributed by atoms with Crippen LogP contribution in [0.3, 0.4) is 0 Å². The highest BCUT2D eigenvalue weighted by Crippen LogP contribution is 2.30. The van der Waals surface area contributed by atoms with Gasteiger partial charge in [0.05, 0.1) is 14.7 Å². The van der Waals surface area contributed by atoms with Gasteiger partial charge < -0.3 is 0 Å². The topological polar surface area (TPSA) is 12.9 Å². The summed E-state index contributed by atoms with van der Waals surface area (Å²) in [7, 11) is 0. The van der Waals surface area contributed by atoms with Crippen LogP contribution in [-0.2, 0) is 0 Å². The molecule has 0 aliphatic heterocycles. The van der Waals surface area contributed by atoms with Crippen molar-refractivity contribution in [1.82, 2.24) is 4.98 Å². The Balaban J connectivity index is 0.000000531. The van der Waals surface area contributed by atoms with Gasteiger partial charge in [0.15, 0.2) is 0 Å². The molecule has 0 saturated heterocycles. The minimum atomic E-state index is 0.480. The smallest absolute Gasteiger partial charge is 0.100 e. The van der Waals surface area contributed by atoms with Gasteiger partial charge in [0.2, 0.25) is 0 Å². The number of hydrogen-bond donors (Lipinski definition) is 0. The Kier molecular flexibility index (Phi) is 4.55. The second-order valence-electron chi connectivity index (χ2n) is 3.29. The molecule has 2 aromatic rings. The van der Waals surface area contributed by atoms with E-state index >= 15 is 0 Å². The van der Waals surface area contributed by atoms with Crippen molar-refractivity contribution in [2.24, 2.45) is 0 Å². The molecule has 15 heavy (non-hydrogen) atoms. The summed E-state index contributed by atoms with van der Waals surface area (Å²) in [4.78, 5) is 4.50. The van der Waals surface area contributed by atoms with Crippen LogP contribution in [0.15, 0.2) is 18.2 Å². The van der Waals surface area contributed by atoms with Crippen LogP contribution >= 0.6 is 22.9 Å². The van der Waals surface area contributed by atoms with Gasteiger partial charge in [-0.2, -0.15) is 0 Å². The maximum atomic E-state index is 6.02. The predicted octanol–water partition coefficient (Wildman–Crippen LogP) is 5.10. The standard InChI is InChI=1S/C10H10ClNS.C2H6/c1-6(2)10-12-9-7(11)4-3-5-8(9)13-10;1-2/h3-6H,1-2H3;1-2H3. The highest BCUT2D eigenvalue weighted by atomic mass is 35.5. The molecule has 1 nitrogen and oxygen atoms in total. The average Bonchev–Trinajstić information content (AvgIpc) is 2.66. The molecular weight excluding hydrogens is 226 g/mol. The van der Waals surface area contributed by atoms with E-state index in [2.05, 4.69) is 24.9 Å². The lowest BCUT2D eigenvalue weighted by atomic mass is 10.2. The molecule has 0 bridgehead atoms. The van der Waals surface area contributed by atoms with E-state index in [4.69, 9.17) is 11.6 Å². The van der Waals surface area contributed by atoms with E-state index in [1.54, 1.807) is 11.3 Å². The number of nitrogens with zero attached hydrogens (tertiary/aromatic N) is 1. The van der Waals surface area contributed by atoms with E-state index in [9.17, 15) is 0 Å². The van der Waals surface area contributed by atoms with Crippen molar-refractivity contribution in [2.45, 2.75) is 33.6 Å². The van der Waals surface area contributed by atoms with Gasteiger partial charge in [0, 0.05) is 5.92 Å². The largest absolute Gasteiger partial charge is 0.239 e. The molecule has 1 aromatic carbocycles. The highest BCUT2D eigenvalue weighted by molar-refractivity contribution is 7.18. The minimum Gasteiger partial charge on any atom is -0.239 e. The predicted molar refractivity (Wildman–Crippen MR) is 70.1 cm³/mol. The number of para-hydroxylation sites is 1. The summed E-state index contributed by atoms with van der Waals surface area (Å²) in [5.41, 5.74) is 0.942. The van der Waals surface area contributed by atoms with Crippen LogP contribution in [0.5, 0.6) is 0 Å². The van der Waals surface area contributed by atoms with Crippen LogP contribution in [0.4, 0.5) is 0 Å². The van der Waals surface area contributed by atoms with Gasteiger partial charge >= 0.3 is 0 Å². The molecule has 0 saturated carbocycles. The molecule has 0 atom stereocenters. The molecule has 1 heterocycles. The first-order valence-corrected chi connectivity index (χ1v) is 6.43. The molecule has 0 amide bonds. The summed E-state index contributed by atoms with van der Waals surface area (Å²) in [6.07, 6.45) is 0. The van der Waals surface area contributed by atoms with Gasteiger partial charge in [-0.1, -0.05) is 45.4 Å². The zero-order valence-corrected chi connectivity index (χ0v) is 11.1. The molecule has 0 radical (unpaired) electrons. The molecule has 0 aliphatic rings. The van der Waals surface area contributed by atoms with Crippen molar-refractivity contribution in [3.8, 4) is 0 Å². The van der Waals surface area contributed by atoms with Crippen LogP contribution in [0.2, 0.25) is 5.02 Å². The molecule has 1 aromatic heterocycles. The van der Waals surface area contributed by atoms with Crippen LogP contribution in [-0.4, -0.2) is 4.98 Å². The van der Waals surface area contributed by atoms with Crippen molar-refractivity contribution in [2.75, 3.05) is 0 Å². The lowest BCUT2D eigenvalue weighted by Gasteiger charge is -1.94. The van der Waals surface area contributed by atoms with Gasteiger partial charge in [-0.15, -0.1) is 11.3 Å². The Morgan fingerprint density at radius 1 is 1.27 bits per heavy atom. The summed E-state index contributed by atoms with van der Waals surface area (Å²) >= 11 is 7.74. The van der Waals surface area contributed by atoms with Crippen molar-refractivity contribution < 1.29 is 0 Å². The lowest BCUT2D eigenvalue weighted by molar-refractivity contribution is 0.857. The zero-order chi connectivity index (χ0) is 11.4. The van der Waals surface area contributed by atoms with Gasteiger partial charge in [-0.3, -0.25) is 0 Å². The van der Waals surface area contributed by atoms with E-state index in [0.29, 0.717) is 5.92 Å². The zero-order valence-electron chi connectivity index (χ0n) is 9.54. The number of fused-ring (bicyclic) bond motifs is 1. The number of rotatable bonds is 1. The van der Waals surface area contributed by atoms with E-state index in [1.165, 1.54) is 4.70 Å².